The molecular weight excluding hydrogens is 380 g/mol. The molecule has 1 N–H and O–H groups in total. The average Bonchev–Trinajstić information content (AvgIpc) is 3.19. The number of hydrogen-bond acceptors (Lipinski definition) is 6. The summed E-state index contributed by atoms with van der Waals surface area (Å²) < 4.78 is 12.0. The Morgan fingerprint density at radius 1 is 1.18 bits per heavy atom. The van der Waals surface area contributed by atoms with Crippen molar-refractivity contribution >= 4 is 34.3 Å². The van der Waals surface area contributed by atoms with Crippen molar-refractivity contribution in [1.29, 1.82) is 0 Å². The molecule has 0 bridgehead atoms. The fourth-order valence-corrected chi connectivity index (χ4v) is 3.65. The van der Waals surface area contributed by atoms with Crippen LogP contribution in [0.25, 0.3) is 10.9 Å². The molecule has 0 fully saturated rings. The Morgan fingerprint density at radius 2 is 1.93 bits per heavy atom. The number of carbonyl (C=O) groups excluding carboxylic acids is 1. The molecule has 0 radical (unpaired) electrons. The number of ether oxygens (including phenoxy) is 2. The Balaban J connectivity index is 1.83. The van der Waals surface area contributed by atoms with Gasteiger partial charge in [0.2, 0.25) is 6.79 Å². The summed E-state index contributed by atoms with van der Waals surface area (Å²) in [6.45, 7) is 0.125. The summed E-state index contributed by atoms with van der Waals surface area (Å²) in [6, 6.07) is 10.5. The maximum absolute atomic E-state index is 13.1. The Hall–Kier alpha value is -3.13. The molecule has 28 heavy (non-hydrogen) atoms. The highest BCUT2D eigenvalue weighted by atomic mass is 32.2. The third-order valence-electron chi connectivity index (χ3n) is 4.84. The van der Waals surface area contributed by atoms with Crippen molar-refractivity contribution in [2.24, 2.45) is 7.05 Å². The molecule has 1 aromatic heterocycles. The van der Waals surface area contributed by atoms with Crippen LogP contribution in [0, 0.1) is 0 Å². The first-order chi connectivity index (χ1) is 13.4. The predicted octanol–water partition coefficient (Wildman–Crippen LogP) is 2.97. The zero-order chi connectivity index (χ0) is 20.0. The minimum Gasteiger partial charge on any atom is -0.506 e. The van der Waals surface area contributed by atoms with Crippen LogP contribution < -0.4 is 19.9 Å². The van der Waals surface area contributed by atoms with Gasteiger partial charge in [0.15, 0.2) is 11.5 Å². The van der Waals surface area contributed by atoms with Gasteiger partial charge in [0, 0.05) is 36.1 Å². The van der Waals surface area contributed by atoms with Gasteiger partial charge in [-0.3, -0.25) is 9.59 Å². The first-order valence-corrected chi connectivity index (χ1v) is 9.72. The van der Waals surface area contributed by atoms with Crippen molar-refractivity contribution < 1.29 is 19.4 Å². The van der Waals surface area contributed by atoms with Gasteiger partial charge in [0.1, 0.15) is 11.3 Å². The number of nitrogens with zero attached hydrogens (tertiary/aromatic N) is 2. The zero-order valence-corrected chi connectivity index (χ0v) is 16.4. The van der Waals surface area contributed by atoms with E-state index >= 15 is 0 Å². The summed E-state index contributed by atoms with van der Waals surface area (Å²) in [6.07, 6.45) is 1.92. The van der Waals surface area contributed by atoms with Crippen LogP contribution in [0.15, 0.2) is 46.1 Å². The van der Waals surface area contributed by atoms with Gasteiger partial charge in [-0.05, 0) is 36.6 Å². The number of fused-ring (bicyclic) bond motifs is 2. The number of anilines is 1. The molecule has 7 nitrogen and oxygen atoms in total. The molecule has 1 aliphatic heterocycles. The van der Waals surface area contributed by atoms with Crippen LogP contribution in [-0.2, 0) is 7.05 Å². The third kappa shape index (κ3) is 2.77. The van der Waals surface area contributed by atoms with Crippen LogP contribution >= 0.6 is 11.8 Å². The van der Waals surface area contributed by atoms with E-state index in [1.807, 2.05) is 12.3 Å². The van der Waals surface area contributed by atoms with Gasteiger partial charge in [-0.25, -0.2) is 0 Å². The number of aryl methyl sites for hydroxylation is 1. The van der Waals surface area contributed by atoms with E-state index in [2.05, 4.69) is 0 Å². The second-order valence-electron chi connectivity index (χ2n) is 6.37. The number of pyridine rings is 1. The molecule has 0 atom stereocenters. The van der Waals surface area contributed by atoms with Crippen LogP contribution in [0.3, 0.4) is 0 Å². The molecular formula is C20H18N2O5S. The zero-order valence-electron chi connectivity index (χ0n) is 15.6. The van der Waals surface area contributed by atoms with E-state index in [1.54, 1.807) is 44.4 Å². The molecule has 0 spiro atoms. The predicted molar refractivity (Wildman–Crippen MR) is 108 cm³/mol. The van der Waals surface area contributed by atoms with Crippen LogP contribution in [0.4, 0.5) is 5.69 Å². The molecule has 0 aliphatic carbocycles. The van der Waals surface area contributed by atoms with Crippen molar-refractivity contribution in [3.63, 3.8) is 0 Å². The quantitative estimate of drug-likeness (QED) is 0.683. The molecule has 3 aromatic rings. The fourth-order valence-electron chi connectivity index (χ4n) is 3.21. The molecule has 1 aliphatic rings. The first-order valence-electron chi connectivity index (χ1n) is 8.49. The second-order valence-corrected chi connectivity index (χ2v) is 7.25. The number of benzene rings is 2. The molecule has 0 saturated heterocycles. The molecule has 2 aromatic carbocycles. The lowest BCUT2D eigenvalue weighted by Gasteiger charge is -2.19. The van der Waals surface area contributed by atoms with Crippen LogP contribution in [0.1, 0.15) is 10.4 Å². The second kappa shape index (κ2) is 6.79. The van der Waals surface area contributed by atoms with E-state index in [-0.39, 0.29) is 18.1 Å². The van der Waals surface area contributed by atoms with Gasteiger partial charge < -0.3 is 24.0 Å². The van der Waals surface area contributed by atoms with E-state index in [0.29, 0.717) is 28.1 Å². The lowest BCUT2D eigenvalue weighted by Crippen LogP contribution is -2.34. The summed E-state index contributed by atoms with van der Waals surface area (Å²) in [5.41, 5.74) is 0.254. The third-order valence-corrected chi connectivity index (χ3v) is 5.56. The smallest absolute Gasteiger partial charge is 0.267 e. The molecule has 2 heterocycles. The standard InChI is InChI=1S/C20H18N2O5S/c1-21(11-4-7-15-16(8-11)27-10-26-15)19(24)17-18(23)13-9-12(28-3)5-6-14(13)22(2)20(17)25/h4-9,23H,10H2,1-3H3. The van der Waals surface area contributed by atoms with Gasteiger partial charge in [-0.2, -0.15) is 0 Å². The van der Waals surface area contributed by atoms with Gasteiger partial charge in [-0.15, -0.1) is 11.8 Å². The highest BCUT2D eigenvalue weighted by Gasteiger charge is 2.26. The molecule has 1 amide bonds. The van der Waals surface area contributed by atoms with Crippen LogP contribution in [0.5, 0.6) is 17.2 Å². The number of amides is 1. The highest BCUT2D eigenvalue weighted by Crippen LogP contribution is 2.36. The van der Waals surface area contributed by atoms with Crippen molar-refractivity contribution in [2.45, 2.75) is 4.90 Å². The van der Waals surface area contributed by atoms with E-state index in [0.717, 1.165) is 4.90 Å². The maximum atomic E-state index is 13.1. The Morgan fingerprint density at radius 3 is 2.68 bits per heavy atom. The summed E-state index contributed by atoms with van der Waals surface area (Å²) in [4.78, 5) is 28.2. The molecule has 8 heteroatoms. The normalized spacial score (nSPS) is 12.4. The fraction of sp³-hybridized carbons (Fsp3) is 0.200. The summed E-state index contributed by atoms with van der Waals surface area (Å²) in [5.74, 6) is 0.205. The summed E-state index contributed by atoms with van der Waals surface area (Å²) in [7, 11) is 3.13. The number of hydrogen-bond donors (Lipinski definition) is 1. The highest BCUT2D eigenvalue weighted by molar-refractivity contribution is 7.98. The van der Waals surface area contributed by atoms with E-state index < -0.39 is 11.5 Å². The SMILES string of the molecule is CSc1ccc2c(c1)c(O)c(C(=O)N(C)c1ccc3c(c1)OCO3)c(=O)n2C. The Kier molecular flexibility index (Phi) is 4.43. The number of aromatic hydroxyl groups is 1. The minimum absolute atomic E-state index is 0.125. The van der Waals surface area contributed by atoms with E-state index in [1.165, 1.54) is 21.2 Å². The lowest BCUT2D eigenvalue weighted by atomic mass is 10.1. The maximum Gasteiger partial charge on any atom is 0.267 e. The Labute approximate surface area is 165 Å². The van der Waals surface area contributed by atoms with Crippen LogP contribution in [-0.4, -0.2) is 35.7 Å². The number of thioether (sulfide) groups is 1. The van der Waals surface area contributed by atoms with Gasteiger partial charge in [0.05, 0.1) is 5.52 Å². The Bertz CT molecular complexity index is 1170. The van der Waals surface area contributed by atoms with Gasteiger partial charge in [-0.1, -0.05) is 0 Å². The summed E-state index contributed by atoms with van der Waals surface area (Å²) >= 11 is 1.51. The number of aromatic nitrogens is 1. The van der Waals surface area contributed by atoms with Crippen molar-refractivity contribution in [1.82, 2.24) is 4.57 Å². The van der Waals surface area contributed by atoms with E-state index in [4.69, 9.17) is 9.47 Å². The van der Waals surface area contributed by atoms with E-state index in [9.17, 15) is 14.7 Å². The number of carbonyl (C=O) groups is 1. The van der Waals surface area contributed by atoms with Crippen molar-refractivity contribution in [3.8, 4) is 17.2 Å². The molecule has 144 valence electrons. The van der Waals surface area contributed by atoms with Gasteiger partial charge in [0.25, 0.3) is 11.5 Å². The lowest BCUT2D eigenvalue weighted by molar-refractivity contribution is 0.0988. The molecule has 4 rings (SSSR count). The largest absolute Gasteiger partial charge is 0.506 e. The monoisotopic (exact) mass is 398 g/mol. The molecule has 0 saturated carbocycles. The van der Waals surface area contributed by atoms with Crippen molar-refractivity contribution in [2.75, 3.05) is 25.0 Å². The topological polar surface area (TPSA) is 81.0 Å². The van der Waals surface area contributed by atoms with Crippen molar-refractivity contribution in [3.05, 3.63) is 52.3 Å². The molecule has 0 unspecified atom stereocenters. The average molecular weight is 398 g/mol. The van der Waals surface area contributed by atoms with Crippen LogP contribution in [0.2, 0.25) is 0 Å². The number of rotatable bonds is 3. The van der Waals surface area contributed by atoms with Gasteiger partial charge >= 0.3 is 0 Å². The first kappa shape index (κ1) is 18.2. The minimum atomic E-state index is -0.603. The summed E-state index contributed by atoms with van der Waals surface area (Å²) in [5, 5.41) is 11.2.